The van der Waals surface area contributed by atoms with Gasteiger partial charge >= 0.3 is 0 Å². The van der Waals surface area contributed by atoms with Gasteiger partial charge in [0.25, 0.3) is 5.91 Å². The fourth-order valence-corrected chi connectivity index (χ4v) is 5.21. The summed E-state index contributed by atoms with van der Waals surface area (Å²) in [7, 11) is 3.30. The van der Waals surface area contributed by atoms with Crippen LogP contribution in [-0.2, 0) is 0 Å². The Morgan fingerprint density at radius 2 is 1.79 bits per heavy atom. The zero-order valence-electron chi connectivity index (χ0n) is 20.0. The van der Waals surface area contributed by atoms with Crippen molar-refractivity contribution in [1.29, 1.82) is 0 Å². The van der Waals surface area contributed by atoms with Crippen LogP contribution in [0.5, 0.6) is 17.2 Å². The lowest BCUT2D eigenvalue weighted by molar-refractivity contribution is 0.0660. The molecule has 2 aliphatic rings. The molecule has 1 fully saturated rings. The fourth-order valence-electron chi connectivity index (χ4n) is 5.21. The van der Waals surface area contributed by atoms with E-state index in [9.17, 15) is 4.79 Å². The Kier molecular flexibility index (Phi) is 6.18. The topological polar surface area (TPSA) is 76.7 Å². The largest absolute Gasteiger partial charge is 0.497 e. The predicted octanol–water partition coefficient (Wildman–Crippen LogP) is 5.37. The Morgan fingerprint density at radius 3 is 2.47 bits per heavy atom. The highest BCUT2D eigenvalue weighted by molar-refractivity contribution is 6.00. The summed E-state index contributed by atoms with van der Waals surface area (Å²) >= 11 is 0. The molecule has 1 atom stereocenters. The van der Waals surface area contributed by atoms with Gasteiger partial charge in [-0.05, 0) is 61.2 Å². The number of aromatic amines is 1. The first-order chi connectivity index (χ1) is 16.7. The van der Waals surface area contributed by atoms with Crippen molar-refractivity contribution in [1.82, 2.24) is 15.1 Å². The van der Waals surface area contributed by atoms with Gasteiger partial charge in [0, 0.05) is 17.2 Å². The van der Waals surface area contributed by atoms with E-state index in [4.69, 9.17) is 14.2 Å². The van der Waals surface area contributed by atoms with Crippen LogP contribution in [0.15, 0.2) is 42.5 Å². The molecule has 34 heavy (non-hydrogen) atoms. The van der Waals surface area contributed by atoms with E-state index in [1.807, 2.05) is 42.5 Å². The molecule has 0 saturated heterocycles. The van der Waals surface area contributed by atoms with E-state index < -0.39 is 0 Å². The van der Waals surface area contributed by atoms with Crippen molar-refractivity contribution in [3.8, 4) is 28.5 Å². The van der Waals surface area contributed by atoms with Gasteiger partial charge in [-0.25, -0.2) is 0 Å². The number of carbonyl (C=O) groups is 1. The number of H-pyrrole nitrogens is 1. The number of aromatic nitrogens is 2. The summed E-state index contributed by atoms with van der Waals surface area (Å²) in [6.07, 6.45) is 5.25. The first kappa shape index (κ1) is 22.3. The summed E-state index contributed by atoms with van der Waals surface area (Å²) in [5.74, 6) is 2.19. The van der Waals surface area contributed by atoms with Gasteiger partial charge in [0.1, 0.15) is 11.4 Å². The molecular weight excluding hydrogens is 430 g/mol. The number of benzene rings is 2. The molecule has 7 nitrogen and oxygen atoms in total. The van der Waals surface area contributed by atoms with Crippen LogP contribution in [0, 0.1) is 0 Å². The van der Waals surface area contributed by atoms with Gasteiger partial charge in [0.05, 0.1) is 32.6 Å². The van der Waals surface area contributed by atoms with Crippen molar-refractivity contribution in [2.75, 3.05) is 20.8 Å². The first-order valence-electron chi connectivity index (χ1n) is 12.0. The number of methoxy groups -OCH3 is 2. The second-order valence-corrected chi connectivity index (χ2v) is 8.90. The number of fused-ring (bicyclic) bond motifs is 1. The van der Waals surface area contributed by atoms with Crippen LogP contribution < -0.4 is 14.2 Å². The van der Waals surface area contributed by atoms with Crippen LogP contribution in [0.3, 0.4) is 0 Å². The number of ether oxygens (including phenoxy) is 3. The Bertz CT molecular complexity index is 1170. The molecule has 2 aromatic carbocycles. The molecule has 2 heterocycles. The van der Waals surface area contributed by atoms with Crippen molar-refractivity contribution in [2.24, 2.45) is 0 Å². The maximum Gasteiger partial charge on any atom is 0.273 e. The fraction of sp³-hybridized carbons (Fsp3) is 0.407. The molecule has 1 amide bonds. The molecule has 0 bridgehead atoms. The quantitative estimate of drug-likeness (QED) is 0.488. The van der Waals surface area contributed by atoms with Crippen molar-refractivity contribution < 1.29 is 19.0 Å². The number of carbonyl (C=O) groups excluding carboxylic acids is 1. The monoisotopic (exact) mass is 461 g/mol. The SMILES string of the molecule is CCCOc1ccc(C2c3c(-c4ccc(OC)cc4)n[nH]c3C(=O)N2C2CCCC2)cc1OC. The maximum absolute atomic E-state index is 13.7. The third kappa shape index (κ3) is 3.79. The van der Waals surface area contributed by atoms with E-state index in [0.29, 0.717) is 23.8 Å². The standard InChI is InChI=1S/C27H31N3O4/c1-4-15-34-21-14-11-18(16-22(21)33-3)26-23-24(17-9-12-20(32-2)13-10-17)28-29-25(23)27(31)30(26)19-7-5-6-8-19/h9-14,16,19,26H,4-8,15H2,1-3H3,(H,28,29). The Balaban J connectivity index is 1.62. The van der Waals surface area contributed by atoms with Gasteiger partial charge < -0.3 is 19.1 Å². The average molecular weight is 462 g/mol. The Hall–Kier alpha value is -3.48. The predicted molar refractivity (Wildman–Crippen MR) is 130 cm³/mol. The summed E-state index contributed by atoms with van der Waals surface area (Å²) in [6, 6.07) is 13.8. The minimum Gasteiger partial charge on any atom is -0.497 e. The second kappa shape index (κ2) is 9.41. The van der Waals surface area contributed by atoms with E-state index in [-0.39, 0.29) is 18.0 Å². The summed E-state index contributed by atoms with van der Waals surface area (Å²) in [5.41, 5.74) is 4.23. The molecule has 0 radical (unpaired) electrons. The zero-order valence-corrected chi connectivity index (χ0v) is 20.0. The van der Waals surface area contributed by atoms with Crippen LogP contribution in [0.4, 0.5) is 0 Å². The number of nitrogens with one attached hydrogen (secondary N) is 1. The van der Waals surface area contributed by atoms with Crippen LogP contribution in [0.1, 0.15) is 66.7 Å². The van der Waals surface area contributed by atoms with Crippen molar-refractivity contribution >= 4 is 5.91 Å². The molecule has 1 aromatic heterocycles. The summed E-state index contributed by atoms with van der Waals surface area (Å²) in [6.45, 7) is 2.70. The Labute approximate surface area is 200 Å². The van der Waals surface area contributed by atoms with Gasteiger partial charge in [-0.1, -0.05) is 25.8 Å². The lowest BCUT2D eigenvalue weighted by atomic mass is 9.95. The highest BCUT2D eigenvalue weighted by Crippen LogP contribution is 2.47. The summed E-state index contributed by atoms with van der Waals surface area (Å²) < 4.78 is 16.9. The third-order valence-electron chi connectivity index (χ3n) is 6.85. The first-order valence-corrected chi connectivity index (χ1v) is 12.0. The highest BCUT2D eigenvalue weighted by atomic mass is 16.5. The van der Waals surface area contributed by atoms with E-state index in [1.54, 1.807) is 14.2 Å². The smallest absolute Gasteiger partial charge is 0.273 e. The van der Waals surface area contributed by atoms with Gasteiger partial charge in [0.15, 0.2) is 11.5 Å². The molecule has 1 aliphatic carbocycles. The second-order valence-electron chi connectivity index (χ2n) is 8.90. The van der Waals surface area contributed by atoms with Crippen molar-refractivity contribution in [2.45, 2.75) is 51.1 Å². The van der Waals surface area contributed by atoms with Crippen LogP contribution in [-0.4, -0.2) is 47.9 Å². The summed E-state index contributed by atoms with van der Waals surface area (Å²) in [4.78, 5) is 15.7. The van der Waals surface area contributed by atoms with Gasteiger partial charge in [-0.3, -0.25) is 9.89 Å². The molecule has 1 aliphatic heterocycles. The molecule has 5 rings (SSSR count). The number of rotatable bonds is 8. The van der Waals surface area contributed by atoms with Gasteiger partial charge in [-0.2, -0.15) is 5.10 Å². The Morgan fingerprint density at radius 1 is 1.03 bits per heavy atom. The molecule has 1 N–H and O–H groups in total. The minimum absolute atomic E-state index is 0.0180. The molecule has 0 spiro atoms. The molecule has 178 valence electrons. The number of hydrogen-bond donors (Lipinski definition) is 1. The van der Waals surface area contributed by atoms with E-state index in [1.165, 1.54) is 0 Å². The summed E-state index contributed by atoms with van der Waals surface area (Å²) in [5, 5.41) is 7.64. The number of hydrogen-bond acceptors (Lipinski definition) is 5. The zero-order chi connectivity index (χ0) is 23.7. The van der Waals surface area contributed by atoms with E-state index in [0.717, 1.165) is 60.2 Å². The maximum atomic E-state index is 13.7. The molecule has 1 unspecified atom stereocenters. The number of amides is 1. The molecular formula is C27H31N3O4. The van der Waals surface area contributed by atoms with Crippen molar-refractivity contribution in [3.05, 3.63) is 59.3 Å². The molecule has 7 heteroatoms. The average Bonchev–Trinajstić information content (AvgIpc) is 3.61. The van der Waals surface area contributed by atoms with Crippen LogP contribution in [0.2, 0.25) is 0 Å². The van der Waals surface area contributed by atoms with Crippen LogP contribution in [0.25, 0.3) is 11.3 Å². The normalized spacial score (nSPS) is 17.8. The lowest BCUT2D eigenvalue weighted by Gasteiger charge is -2.32. The minimum atomic E-state index is -0.240. The highest BCUT2D eigenvalue weighted by Gasteiger charge is 2.46. The van der Waals surface area contributed by atoms with Gasteiger partial charge in [0.2, 0.25) is 0 Å². The third-order valence-corrected chi connectivity index (χ3v) is 6.85. The molecule has 3 aromatic rings. The lowest BCUT2D eigenvalue weighted by Crippen LogP contribution is -2.37. The van der Waals surface area contributed by atoms with E-state index in [2.05, 4.69) is 22.0 Å². The molecule has 1 saturated carbocycles. The van der Waals surface area contributed by atoms with Crippen LogP contribution >= 0.6 is 0 Å². The van der Waals surface area contributed by atoms with E-state index >= 15 is 0 Å². The number of nitrogens with zero attached hydrogens (tertiary/aromatic N) is 2. The van der Waals surface area contributed by atoms with Crippen molar-refractivity contribution in [3.63, 3.8) is 0 Å². The van der Waals surface area contributed by atoms with Gasteiger partial charge in [-0.15, -0.1) is 0 Å².